The lowest BCUT2D eigenvalue weighted by Gasteiger charge is -2.34. The number of halogens is 3. The number of fused-ring (bicyclic) bond motifs is 1. The van der Waals surface area contributed by atoms with Crippen LogP contribution in [0.4, 0.5) is 18.9 Å². The summed E-state index contributed by atoms with van der Waals surface area (Å²) >= 11 is 0. The van der Waals surface area contributed by atoms with Crippen LogP contribution < -0.4 is 9.64 Å². The lowest BCUT2D eigenvalue weighted by molar-refractivity contribution is -0.124. The molecule has 5 nitrogen and oxygen atoms in total. The Morgan fingerprint density at radius 3 is 2.41 bits per heavy atom. The van der Waals surface area contributed by atoms with Crippen LogP contribution in [0.25, 0.3) is 0 Å². The van der Waals surface area contributed by atoms with Gasteiger partial charge in [-0.3, -0.25) is 9.59 Å². The van der Waals surface area contributed by atoms with Crippen LogP contribution in [-0.2, 0) is 4.79 Å². The normalized spacial score (nSPS) is 20.7. The van der Waals surface area contributed by atoms with Gasteiger partial charge >= 0.3 is 0 Å². The lowest BCUT2D eigenvalue weighted by Crippen LogP contribution is -2.46. The Labute approximate surface area is 184 Å². The van der Waals surface area contributed by atoms with Gasteiger partial charge in [0, 0.05) is 31.3 Å². The van der Waals surface area contributed by atoms with E-state index < -0.39 is 40.7 Å². The maximum atomic E-state index is 14.6. The van der Waals surface area contributed by atoms with Crippen molar-refractivity contribution in [2.45, 2.75) is 26.2 Å². The monoisotopic (exact) mass is 446 g/mol. The van der Waals surface area contributed by atoms with E-state index in [1.54, 1.807) is 17.0 Å². The van der Waals surface area contributed by atoms with E-state index in [2.05, 4.69) is 18.6 Å². The van der Waals surface area contributed by atoms with Gasteiger partial charge in [-0.25, -0.2) is 8.78 Å². The molecule has 2 atom stereocenters. The van der Waals surface area contributed by atoms with Crippen LogP contribution in [0.3, 0.4) is 0 Å². The number of hydrogen-bond donors (Lipinski definition) is 0. The highest BCUT2D eigenvalue weighted by Crippen LogP contribution is 2.38. The second-order valence-corrected chi connectivity index (χ2v) is 8.67. The van der Waals surface area contributed by atoms with E-state index in [-0.39, 0.29) is 24.9 Å². The first-order valence-electron chi connectivity index (χ1n) is 10.6. The average molecular weight is 446 g/mol. The Morgan fingerprint density at radius 2 is 1.78 bits per heavy atom. The summed E-state index contributed by atoms with van der Waals surface area (Å²) in [6.45, 7) is 4.87. The van der Waals surface area contributed by atoms with Crippen molar-refractivity contribution in [2.24, 2.45) is 11.8 Å². The molecule has 0 saturated carbocycles. The summed E-state index contributed by atoms with van der Waals surface area (Å²) in [4.78, 5) is 28.8. The molecular weight excluding hydrogens is 421 g/mol. The smallest absolute Gasteiger partial charge is 0.253 e. The predicted octanol–water partition coefficient (Wildman–Crippen LogP) is 4.36. The van der Waals surface area contributed by atoms with Crippen LogP contribution >= 0.6 is 0 Å². The Hall–Kier alpha value is -3.03. The molecule has 2 aliphatic rings. The number of carbonyl (C=O) groups is 2. The minimum absolute atomic E-state index is 0.0753. The highest BCUT2D eigenvalue weighted by atomic mass is 19.2. The molecule has 0 bridgehead atoms. The fourth-order valence-electron chi connectivity index (χ4n) is 4.60. The number of benzene rings is 2. The summed E-state index contributed by atoms with van der Waals surface area (Å²) < 4.78 is 47.5. The van der Waals surface area contributed by atoms with Gasteiger partial charge in [-0.2, -0.15) is 4.39 Å². The van der Waals surface area contributed by atoms with Gasteiger partial charge in [0.15, 0.2) is 17.4 Å². The fraction of sp³-hybridized carbons (Fsp3) is 0.417. The van der Waals surface area contributed by atoms with Gasteiger partial charge in [-0.1, -0.05) is 26.0 Å². The number of amides is 2. The molecule has 4 rings (SSSR count). The second-order valence-electron chi connectivity index (χ2n) is 8.67. The van der Waals surface area contributed by atoms with Crippen molar-refractivity contribution < 1.29 is 27.5 Å². The zero-order valence-corrected chi connectivity index (χ0v) is 18.2. The molecule has 2 amide bonds. The van der Waals surface area contributed by atoms with E-state index in [1.807, 2.05) is 12.1 Å². The first-order chi connectivity index (χ1) is 15.2. The number of likely N-dealkylation sites (tertiary alicyclic amines) is 1. The van der Waals surface area contributed by atoms with Crippen LogP contribution in [0, 0.1) is 29.3 Å². The largest absolute Gasteiger partial charge is 0.491 e. The maximum absolute atomic E-state index is 14.6. The van der Waals surface area contributed by atoms with Gasteiger partial charge in [0.25, 0.3) is 5.91 Å². The molecule has 8 heteroatoms. The molecule has 2 aliphatic heterocycles. The van der Waals surface area contributed by atoms with E-state index >= 15 is 0 Å². The topological polar surface area (TPSA) is 49.9 Å². The van der Waals surface area contributed by atoms with Crippen LogP contribution in [0.5, 0.6) is 5.75 Å². The van der Waals surface area contributed by atoms with Crippen molar-refractivity contribution in [3.05, 3.63) is 58.9 Å². The second kappa shape index (κ2) is 8.48. The summed E-state index contributed by atoms with van der Waals surface area (Å²) in [7, 11) is 1.04. The van der Waals surface area contributed by atoms with Gasteiger partial charge in [-0.15, -0.1) is 0 Å². The summed E-state index contributed by atoms with van der Waals surface area (Å²) in [5.41, 5.74) is 1.23. The molecule has 0 radical (unpaired) electrons. The molecule has 0 aliphatic carbocycles. The number of hydrogen-bond acceptors (Lipinski definition) is 3. The predicted molar refractivity (Wildman–Crippen MR) is 113 cm³/mol. The minimum Gasteiger partial charge on any atom is -0.491 e. The van der Waals surface area contributed by atoms with Crippen molar-refractivity contribution >= 4 is 17.5 Å². The molecule has 170 valence electrons. The molecule has 2 saturated heterocycles. The maximum Gasteiger partial charge on any atom is 0.253 e. The van der Waals surface area contributed by atoms with Crippen molar-refractivity contribution in [1.29, 1.82) is 0 Å². The lowest BCUT2D eigenvalue weighted by atomic mass is 9.87. The highest BCUT2D eigenvalue weighted by molar-refractivity contribution is 5.99. The summed E-state index contributed by atoms with van der Waals surface area (Å²) in [6.07, 6.45) is 0.501. The fourth-order valence-corrected chi connectivity index (χ4v) is 4.60. The molecule has 0 aromatic heterocycles. The molecule has 32 heavy (non-hydrogen) atoms. The number of ether oxygens (including phenoxy) is 1. The third-order valence-electron chi connectivity index (χ3n) is 6.45. The molecule has 2 fully saturated rings. The van der Waals surface area contributed by atoms with Crippen LogP contribution in [0.2, 0.25) is 0 Å². The summed E-state index contributed by atoms with van der Waals surface area (Å²) in [6, 6.07) is 8.19. The summed E-state index contributed by atoms with van der Waals surface area (Å²) in [5.74, 6) is -5.57. The van der Waals surface area contributed by atoms with Gasteiger partial charge in [0.2, 0.25) is 11.7 Å². The summed E-state index contributed by atoms with van der Waals surface area (Å²) in [5, 5.41) is 0. The van der Waals surface area contributed by atoms with E-state index in [4.69, 9.17) is 0 Å². The van der Waals surface area contributed by atoms with Crippen LogP contribution in [0.1, 0.15) is 42.1 Å². The first kappa shape index (κ1) is 22.2. The number of carbonyl (C=O) groups excluding carboxylic acids is 2. The standard InChI is InChI=1S/C24H25F3N2O3/c1-13(2)14-4-6-15(7-5-14)23(30)28-11-16-8-9-29(24(31)17(16)12-28)19-10-18(25)22(32-3)21(27)20(19)26/h4-7,10,13,16-17H,8-9,11-12H2,1-3H3/t16-,17+/m0/s1. The zero-order chi connectivity index (χ0) is 23.2. The van der Waals surface area contributed by atoms with Crippen LogP contribution in [-0.4, -0.2) is 43.5 Å². The Kier molecular flexibility index (Phi) is 5.88. The highest BCUT2D eigenvalue weighted by Gasteiger charge is 2.45. The van der Waals surface area contributed by atoms with Gasteiger partial charge in [-0.05, 0) is 36.0 Å². The Bertz CT molecular complexity index is 1060. The molecule has 0 N–H and O–H groups in total. The number of piperidine rings is 1. The van der Waals surface area contributed by atoms with Crippen LogP contribution in [0.15, 0.2) is 30.3 Å². The van der Waals surface area contributed by atoms with Crippen molar-refractivity contribution in [3.63, 3.8) is 0 Å². The third-order valence-corrected chi connectivity index (χ3v) is 6.45. The minimum atomic E-state index is -1.47. The Morgan fingerprint density at radius 1 is 1.09 bits per heavy atom. The van der Waals surface area contributed by atoms with Crippen molar-refractivity contribution in [2.75, 3.05) is 31.6 Å². The number of nitrogens with zero attached hydrogens (tertiary/aromatic N) is 2. The molecule has 0 unspecified atom stereocenters. The molecule has 2 aromatic rings. The van der Waals surface area contributed by atoms with E-state index in [1.165, 1.54) is 0 Å². The van der Waals surface area contributed by atoms with E-state index in [0.29, 0.717) is 24.4 Å². The molecule has 2 heterocycles. The number of rotatable bonds is 4. The van der Waals surface area contributed by atoms with Crippen molar-refractivity contribution in [1.82, 2.24) is 4.90 Å². The number of anilines is 1. The van der Waals surface area contributed by atoms with Gasteiger partial charge in [0.1, 0.15) is 0 Å². The molecule has 0 spiro atoms. The van der Waals surface area contributed by atoms with E-state index in [9.17, 15) is 22.8 Å². The van der Waals surface area contributed by atoms with Gasteiger partial charge < -0.3 is 14.5 Å². The van der Waals surface area contributed by atoms with Crippen molar-refractivity contribution in [3.8, 4) is 5.75 Å². The number of methoxy groups -OCH3 is 1. The quantitative estimate of drug-likeness (QED) is 0.656. The molecular formula is C24H25F3N2O3. The Balaban J connectivity index is 1.53. The third kappa shape index (κ3) is 3.72. The average Bonchev–Trinajstić information content (AvgIpc) is 3.22. The first-order valence-corrected chi connectivity index (χ1v) is 10.6. The molecule has 2 aromatic carbocycles. The van der Waals surface area contributed by atoms with E-state index in [0.717, 1.165) is 23.6 Å². The zero-order valence-electron chi connectivity index (χ0n) is 18.2. The SMILES string of the molecule is COc1c(F)cc(N2CC[C@H]3CN(C(=O)c4ccc(C(C)C)cc4)C[C@H]3C2=O)c(F)c1F. The van der Waals surface area contributed by atoms with Gasteiger partial charge in [0.05, 0.1) is 18.7 Å².